The van der Waals surface area contributed by atoms with Crippen molar-refractivity contribution in [1.29, 1.82) is 0 Å². The van der Waals surface area contributed by atoms with Gasteiger partial charge in [0.25, 0.3) is 0 Å². The molecular weight excluding hydrogens is 244 g/mol. The first kappa shape index (κ1) is 14.3. The summed E-state index contributed by atoms with van der Waals surface area (Å²) in [6.07, 6.45) is 5.91. The number of aliphatic carboxylic acids is 1. The van der Waals surface area contributed by atoms with Gasteiger partial charge >= 0.3 is 5.97 Å². The number of carboxylic acids is 1. The van der Waals surface area contributed by atoms with Gasteiger partial charge in [-0.15, -0.1) is 0 Å². The Labute approximate surface area is 114 Å². The molecule has 0 spiro atoms. The van der Waals surface area contributed by atoms with Gasteiger partial charge in [0.2, 0.25) is 5.91 Å². The van der Waals surface area contributed by atoms with E-state index in [2.05, 4.69) is 0 Å². The van der Waals surface area contributed by atoms with E-state index in [-0.39, 0.29) is 5.91 Å². The first-order valence-electron chi connectivity index (χ1n) is 7.22. The fourth-order valence-corrected chi connectivity index (χ4v) is 3.51. The lowest BCUT2D eigenvalue weighted by molar-refractivity contribution is -0.165. The average Bonchev–Trinajstić information content (AvgIpc) is 2.88. The van der Waals surface area contributed by atoms with Crippen molar-refractivity contribution < 1.29 is 14.7 Å². The van der Waals surface area contributed by atoms with Gasteiger partial charge in [-0.1, -0.05) is 12.8 Å². The highest BCUT2D eigenvalue weighted by Gasteiger charge is 2.50. The van der Waals surface area contributed by atoms with Gasteiger partial charge in [-0.25, -0.2) is 4.79 Å². The zero-order chi connectivity index (χ0) is 14.1. The van der Waals surface area contributed by atoms with E-state index >= 15 is 0 Å². The molecule has 2 aliphatic rings. The molecule has 108 valence electrons. The van der Waals surface area contributed by atoms with Gasteiger partial charge in [0.05, 0.1) is 5.41 Å². The summed E-state index contributed by atoms with van der Waals surface area (Å²) >= 11 is 0. The van der Waals surface area contributed by atoms with E-state index in [0.717, 1.165) is 38.5 Å². The smallest absolute Gasteiger partial charge is 0.329 e. The second-order valence-electron chi connectivity index (χ2n) is 6.18. The van der Waals surface area contributed by atoms with Crippen molar-refractivity contribution in [3.8, 4) is 0 Å². The maximum absolute atomic E-state index is 12.9. The van der Waals surface area contributed by atoms with Crippen LogP contribution in [0.3, 0.4) is 0 Å². The molecule has 1 atom stereocenters. The van der Waals surface area contributed by atoms with Crippen LogP contribution in [-0.2, 0) is 9.59 Å². The van der Waals surface area contributed by atoms with Crippen LogP contribution >= 0.6 is 0 Å². The lowest BCUT2D eigenvalue weighted by Crippen LogP contribution is -2.61. The van der Waals surface area contributed by atoms with Crippen molar-refractivity contribution in [3.05, 3.63) is 0 Å². The number of amides is 1. The van der Waals surface area contributed by atoms with Gasteiger partial charge in [-0.2, -0.15) is 0 Å². The molecule has 19 heavy (non-hydrogen) atoms. The fraction of sp³-hybridized carbons (Fsp3) is 0.857. The Hall–Kier alpha value is -1.10. The van der Waals surface area contributed by atoms with Crippen molar-refractivity contribution in [2.75, 3.05) is 13.1 Å². The molecular formula is C14H24N2O3. The SMILES string of the molecule is CC1(C(=O)O)CCCCN1C(=O)C1(CN)CCCC1. The third-order valence-electron chi connectivity index (χ3n) is 5.00. The first-order valence-corrected chi connectivity index (χ1v) is 7.22. The molecule has 1 aliphatic heterocycles. The maximum Gasteiger partial charge on any atom is 0.329 e. The summed E-state index contributed by atoms with van der Waals surface area (Å²) in [7, 11) is 0. The summed E-state index contributed by atoms with van der Waals surface area (Å²) in [5, 5.41) is 9.49. The molecule has 0 bridgehead atoms. The predicted octanol–water partition coefficient (Wildman–Crippen LogP) is 1.36. The molecule has 2 rings (SSSR count). The highest BCUT2D eigenvalue weighted by molar-refractivity contribution is 5.90. The van der Waals surface area contributed by atoms with Gasteiger partial charge in [-0.05, 0) is 39.0 Å². The van der Waals surface area contributed by atoms with Crippen molar-refractivity contribution in [3.63, 3.8) is 0 Å². The summed E-state index contributed by atoms with van der Waals surface area (Å²) in [6, 6.07) is 0. The van der Waals surface area contributed by atoms with Gasteiger partial charge < -0.3 is 15.7 Å². The van der Waals surface area contributed by atoms with Crippen LogP contribution in [0, 0.1) is 5.41 Å². The molecule has 1 unspecified atom stereocenters. The van der Waals surface area contributed by atoms with Crippen molar-refractivity contribution in [2.24, 2.45) is 11.1 Å². The number of piperidine rings is 1. The van der Waals surface area contributed by atoms with Crippen molar-refractivity contribution in [1.82, 2.24) is 4.90 Å². The van der Waals surface area contributed by atoms with E-state index in [0.29, 0.717) is 19.5 Å². The van der Waals surface area contributed by atoms with Gasteiger partial charge in [0.15, 0.2) is 0 Å². The molecule has 1 aliphatic carbocycles. The Balaban J connectivity index is 2.27. The highest BCUT2D eigenvalue weighted by Crippen LogP contribution is 2.41. The summed E-state index contributed by atoms with van der Waals surface area (Å²) in [5.74, 6) is -0.928. The molecule has 1 saturated heterocycles. The van der Waals surface area contributed by atoms with Crippen molar-refractivity contribution >= 4 is 11.9 Å². The first-order chi connectivity index (χ1) is 8.96. The molecule has 0 aromatic carbocycles. The third kappa shape index (κ3) is 2.24. The van der Waals surface area contributed by atoms with Crippen LogP contribution in [-0.4, -0.2) is 40.5 Å². The number of hydrogen-bond acceptors (Lipinski definition) is 3. The van der Waals surface area contributed by atoms with Crippen LogP contribution in [0.1, 0.15) is 51.9 Å². The van der Waals surface area contributed by atoms with E-state index < -0.39 is 16.9 Å². The number of carbonyl (C=O) groups excluding carboxylic acids is 1. The minimum absolute atomic E-state index is 0.0305. The summed E-state index contributed by atoms with van der Waals surface area (Å²) in [4.78, 5) is 26.0. The number of carboxylic acid groups (broad SMARTS) is 1. The lowest BCUT2D eigenvalue weighted by Gasteiger charge is -2.45. The second-order valence-corrected chi connectivity index (χ2v) is 6.18. The van der Waals surface area contributed by atoms with Gasteiger partial charge in [0.1, 0.15) is 5.54 Å². The number of carbonyl (C=O) groups is 2. The average molecular weight is 268 g/mol. The molecule has 0 aromatic rings. The Morgan fingerprint density at radius 1 is 1.16 bits per heavy atom. The Morgan fingerprint density at radius 2 is 1.74 bits per heavy atom. The largest absolute Gasteiger partial charge is 0.480 e. The number of likely N-dealkylation sites (tertiary alicyclic amines) is 1. The second kappa shape index (κ2) is 5.12. The predicted molar refractivity (Wildman–Crippen MR) is 71.6 cm³/mol. The van der Waals surface area contributed by atoms with Crippen LogP contribution in [0.15, 0.2) is 0 Å². The van der Waals surface area contributed by atoms with E-state index in [1.54, 1.807) is 11.8 Å². The van der Waals surface area contributed by atoms with E-state index in [1.807, 2.05) is 0 Å². The van der Waals surface area contributed by atoms with E-state index in [1.165, 1.54) is 0 Å². The van der Waals surface area contributed by atoms with Crippen LogP contribution in [0.25, 0.3) is 0 Å². The molecule has 0 aromatic heterocycles. The van der Waals surface area contributed by atoms with Crippen LogP contribution in [0.2, 0.25) is 0 Å². The van der Waals surface area contributed by atoms with E-state index in [9.17, 15) is 14.7 Å². The topological polar surface area (TPSA) is 83.6 Å². The lowest BCUT2D eigenvalue weighted by atomic mass is 9.80. The van der Waals surface area contributed by atoms with Crippen LogP contribution in [0.5, 0.6) is 0 Å². The van der Waals surface area contributed by atoms with E-state index in [4.69, 9.17) is 5.73 Å². The number of rotatable bonds is 3. The number of hydrogen-bond donors (Lipinski definition) is 2. The standard InChI is InChI=1S/C14H24N2O3/c1-13(12(18)19)6-4-5-9-16(13)11(17)14(10-15)7-2-3-8-14/h2-10,15H2,1H3,(H,18,19). The Morgan fingerprint density at radius 3 is 2.26 bits per heavy atom. The van der Waals surface area contributed by atoms with Crippen LogP contribution < -0.4 is 5.73 Å². The molecule has 1 heterocycles. The maximum atomic E-state index is 12.9. The highest BCUT2D eigenvalue weighted by atomic mass is 16.4. The molecule has 5 nitrogen and oxygen atoms in total. The third-order valence-corrected chi connectivity index (χ3v) is 5.00. The molecule has 1 saturated carbocycles. The number of nitrogens with two attached hydrogens (primary N) is 1. The Bertz CT molecular complexity index is 377. The molecule has 1 amide bonds. The van der Waals surface area contributed by atoms with Gasteiger partial charge in [0, 0.05) is 13.1 Å². The summed E-state index contributed by atoms with van der Waals surface area (Å²) < 4.78 is 0. The molecule has 5 heteroatoms. The van der Waals surface area contributed by atoms with Crippen LogP contribution in [0.4, 0.5) is 0 Å². The molecule has 0 radical (unpaired) electrons. The monoisotopic (exact) mass is 268 g/mol. The molecule has 2 fully saturated rings. The molecule has 3 N–H and O–H groups in total. The summed E-state index contributed by atoms with van der Waals surface area (Å²) in [6.45, 7) is 2.55. The zero-order valence-corrected chi connectivity index (χ0v) is 11.7. The summed E-state index contributed by atoms with van der Waals surface area (Å²) in [5.41, 5.74) is 4.28. The minimum Gasteiger partial charge on any atom is -0.480 e. The Kier molecular flexibility index (Phi) is 3.85. The normalized spacial score (nSPS) is 30.3. The number of nitrogens with zero attached hydrogens (tertiary/aromatic N) is 1. The van der Waals surface area contributed by atoms with Crippen molar-refractivity contribution in [2.45, 2.75) is 57.4 Å². The van der Waals surface area contributed by atoms with Gasteiger partial charge in [-0.3, -0.25) is 4.79 Å². The minimum atomic E-state index is -1.06. The quantitative estimate of drug-likeness (QED) is 0.809. The fourth-order valence-electron chi connectivity index (χ4n) is 3.51. The zero-order valence-electron chi connectivity index (χ0n) is 11.7.